The van der Waals surface area contributed by atoms with Gasteiger partial charge in [0.2, 0.25) is 0 Å². The van der Waals surface area contributed by atoms with E-state index >= 15 is 0 Å². The molecule has 0 aromatic heterocycles. The summed E-state index contributed by atoms with van der Waals surface area (Å²) in [6, 6.07) is 4.99. The zero-order chi connectivity index (χ0) is 13.3. The fourth-order valence-electron chi connectivity index (χ4n) is 3.42. The number of benzene rings is 1. The number of piperidine rings is 1. The average molecular weight is 319 g/mol. The van der Waals surface area contributed by atoms with Crippen molar-refractivity contribution in [1.82, 2.24) is 10.2 Å². The van der Waals surface area contributed by atoms with Gasteiger partial charge in [0.05, 0.1) is 0 Å². The quantitative estimate of drug-likeness (QED) is 0.898. The number of nitrogens with zero attached hydrogens (tertiary/aromatic N) is 1. The fourth-order valence-corrected chi connectivity index (χ4v) is 3.58. The molecule has 1 N–H and O–H groups in total. The molecule has 0 radical (unpaired) electrons. The van der Waals surface area contributed by atoms with E-state index in [-0.39, 0.29) is 18.2 Å². The molecule has 2 fully saturated rings. The lowest BCUT2D eigenvalue weighted by Gasteiger charge is -2.34. The van der Waals surface area contributed by atoms with E-state index in [1.54, 1.807) is 6.07 Å². The van der Waals surface area contributed by atoms with Crippen LogP contribution in [0.1, 0.15) is 24.8 Å². The van der Waals surface area contributed by atoms with E-state index < -0.39 is 0 Å². The van der Waals surface area contributed by atoms with Crippen LogP contribution in [0.3, 0.4) is 0 Å². The molecule has 0 bridgehead atoms. The Hall–Kier alpha value is -0.350. The molecular formula is C15H21Cl2FN2. The van der Waals surface area contributed by atoms with Gasteiger partial charge in [-0.05, 0) is 56.4 Å². The van der Waals surface area contributed by atoms with Crippen LogP contribution in [0, 0.1) is 11.2 Å². The van der Waals surface area contributed by atoms with Gasteiger partial charge in [0.1, 0.15) is 5.82 Å². The molecule has 20 heavy (non-hydrogen) atoms. The first-order valence-corrected chi connectivity index (χ1v) is 7.42. The van der Waals surface area contributed by atoms with E-state index in [1.807, 2.05) is 6.07 Å². The lowest BCUT2D eigenvalue weighted by molar-refractivity contribution is 0.193. The summed E-state index contributed by atoms with van der Waals surface area (Å²) in [5.41, 5.74) is 1.24. The highest BCUT2D eigenvalue weighted by molar-refractivity contribution is 6.30. The van der Waals surface area contributed by atoms with Gasteiger partial charge in [0.15, 0.2) is 0 Å². The Morgan fingerprint density at radius 2 is 2.00 bits per heavy atom. The van der Waals surface area contributed by atoms with Gasteiger partial charge in [0, 0.05) is 23.7 Å². The Bertz CT molecular complexity index is 461. The van der Waals surface area contributed by atoms with Crippen LogP contribution < -0.4 is 5.32 Å². The van der Waals surface area contributed by atoms with Gasteiger partial charge >= 0.3 is 0 Å². The zero-order valence-corrected chi connectivity index (χ0v) is 13.1. The number of nitrogens with one attached hydrogen (secondary N) is 1. The first-order chi connectivity index (χ1) is 9.17. The summed E-state index contributed by atoms with van der Waals surface area (Å²) in [4.78, 5) is 2.39. The third kappa shape index (κ3) is 3.45. The minimum atomic E-state index is -0.182. The molecule has 2 aliphatic heterocycles. The maximum atomic E-state index is 13.8. The Morgan fingerprint density at radius 3 is 2.70 bits per heavy atom. The molecule has 0 amide bonds. The standard InChI is InChI=1S/C15H20ClFN2.ClH/c16-13-2-1-12(14(17)9-13)10-19-8-5-15(11-19)3-6-18-7-4-15;/h1-2,9,18H,3-8,10-11H2;1H. The Labute approximate surface area is 131 Å². The van der Waals surface area contributed by atoms with E-state index in [4.69, 9.17) is 11.6 Å². The van der Waals surface area contributed by atoms with Crippen LogP contribution >= 0.6 is 24.0 Å². The fraction of sp³-hybridized carbons (Fsp3) is 0.600. The molecule has 0 aliphatic carbocycles. The molecule has 1 aromatic rings. The smallest absolute Gasteiger partial charge is 0.129 e. The molecule has 2 heterocycles. The molecule has 0 unspecified atom stereocenters. The van der Waals surface area contributed by atoms with Gasteiger partial charge in [-0.15, -0.1) is 12.4 Å². The molecule has 0 atom stereocenters. The van der Waals surface area contributed by atoms with Crippen molar-refractivity contribution in [1.29, 1.82) is 0 Å². The molecule has 112 valence electrons. The second-order valence-electron chi connectivity index (χ2n) is 5.95. The Kier molecular flexibility index (Phi) is 5.30. The number of rotatable bonds is 2. The summed E-state index contributed by atoms with van der Waals surface area (Å²) in [5.74, 6) is -0.182. The maximum Gasteiger partial charge on any atom is 0.129 e. The SMILES string of the molecule is Cl.Fc1cc(Cl)ccc1CN1CCC2(CCNCC2)C1. The topological polar surface area (TPSA) is 15.3 Å². The van der Waals surface area contributed by atoms with Gasteiger partial charge in [-0.2, -0.15) is 0 Å². The summed E-state index contributed by atoms with van der Waals surface area (Å²) < 4.78 is 13.8. The normalized spacial score (nSPS) is 21.9. The van der Waals surface area contributed by atoms with Crippen molar-refractivity contribution in [2.24, 2.45) is 5.41 Å². The van der Waals surface area contributed by atoms with Gasteiger partial charge in [0.25, 0.3) is 0 Å². The van der Waals surface area contributed by atoms with Gasteiger partial charge in [-0.3, -0.25) is 4.90 Å². The lowest BCUT2D eigenvalue weighted by atomic mass is 9.78. The number of halogens is 3. The van der Waals surface area contributed by atoms with E-state index in [9.17, 15) is 4.39 Å². The number of hydrogen-bond donors (Lipinski definition) is 1. The van der Waals surface area contributed by atoms with E-state index in [2.05, 4.69) is 10.2 Å². The summed E-state index contributed by atoms with van der Waals surface area (Å²) in [5, 5.41) is 3.89. The third-order valence-corrected chi connectivity index (χ3v) is 4.83. The minimum absolute atomic E-state index is 0. The van der Waals surface area contributed by atoms with Crippen LogP contribution in [-0.2, 0) is 6.54 Å². The van der Waals surface area contributed by atoms with Crippen molar-refractivity contribution in [3.8, 4) is 0 Å². The molecule has 2 aliphatic rings. The Balaban J connectivity index is 0.00000147. The van der Waals surface area contributed by atoms with Crippen LogP contribution in [0.5, 0.6) is 0 Å². The first kappa shape index (κ1) is 16.0. The maximum absolute atomic E-state index is 13.8. The highest BCUT2D eigenvalue weighted by Crippen LogP contribution is 2.39. The molecule has 2 nitrogen and oxygen atoms in total. The number of hydrogen-bond acceptors (Lipinski definition) is 2. The summed E-state index contributed by atoms with van der Waals surface area (Å²) in [6.07, 6.45) is 3.77. The molecular weight excluding hydrogens is 298 g/mol. The van der Waals surface area contributed by atoms with Crippen molar-refractivity contribution < 1.29 is 4.39 Å². The molecule has 1 spiro atoms. The lowest BCUT2D eigenvalue weighted by Crippen LogP contribution is -2.38. The van der Waals surface area contributed by atoms with Gasteiger partial charge < -0.3 is 5.32 Å². The second-order valence-corrected chi connectivity index (χ2v) is 6.38. The average Bonchev–Trinajstić information content (AvgIpc) is 2.77. The van der Waals surface area contributed by atoms with Crippen LogP contribution in [0.2, 0.25) is 5.02 Å². The predicted octanol–water partition coefficient (Wildman–Crippen LogP) is 3.48. The highest BCUT2D eigenvalue weighted by Gasteiger charge is 2.38. The van der Waals surface area contributed by atoms with Crippen molar-refractivity contribution in [2.45, 2.75) is 25.8 Å². The molecule has 2 saturated heterocycles. The van der Waals surface area contributed by atoms with Crippen LogP contribution in [0.15, 0.2) is 18.2 Å². The monoisotopic (exact) mass is 318 g/mol. The van der Waals surface area contributed by atoms with Crippen LogP contribution in [0.4, 0.5) is 4.39 Å². The third-order valence-electron chi connectivity index (χ3n) is 4.59. The summed E-state index contributed by atoms with van der Waals surface area (Å²) in [6.45, 7) is 5.16. The van der Waals surface area contributed by atoms with Crippen LogP contribution in [-0.4, -0.2) is 31.1 Å². The van der Waals surface area contributed by atoms with Gasteiger partial charge in [-0.1, -0.05) is 17.7 Å². The zero-order valence-electron chi connectivity index (χ0n) is 11.5. The highest BCUT2D eigenvalue weighted by atomic mass is 35.5. The van der Waals surface area contributed by atoms with E-state index in [1.165, 1.54) is 25.3 Å². The number of likely N-dealkylation sites (tertiary alicyclic amines) is 1. The van der Waals surface area contributed by atoms with Gasteiger partial charge in [-0.25, -0.2) is 4.39 Å². The van der Waals surface area contributed by atoms with Crippen molar-refractivity contribution in [3.63, 3.8) is 0 Å². The van der Waals surface area contributed by atoms with E-state index in [0.717, 1.165) is 31.7 Å². The van der Waals surface area contributed by atoms with Crippen molar-refractivity contribution >= 4 is 24.0 Å². The molecule has 1 aromatic carbocycles. The molecule has 5 heteroatoms. The van der Waals surface area contributed by atoms with E-state index in [0.29, 0.717) is 17.0 Å². The Morgan fingerprint density at radius 1 is 1.25 bits per heavy atom. The first-order valence-electron chi connectivity index (χ1n) is 7.04. The second kappa shape index (κ2) is 6.61. The largest absolute Gasteiger partial charge is 0.317 e. The molecule has 0 saturated carbocycles. The minimum Gasteiger partial charge on any atom is -0.317 e. The van der Waals surface area contributed by atoms with Crippen molar-refractivity contribution in [3.05, 3.63) is 34.6 Å². The summed E-state index contributed by atoms with van der Waals surface area (Å²) in [7, 11) is 0. The molecule has 3 rings (SSSR count). The van der Waals surface area contributed by atoms with Crippen LogP contribution in [0.25, 0.3) is 0 Å². The summed E-state index contributed by atoms with van der Waals surface area (Å²) >= 11 is 5.79. The van der Waals surface area contributed by atoms with Crippen molar-refractivity contribution in [2.75, 3.05) is 26.2 Å². The predicted molar refractivity (Wildman–Crippen MR) is 83.1 cm³/mol.